The van der Waals surface area contributed by atoms with Gasteiger partial charge in [0.1, 0.15) is 0 Å². The second-order valence-corrected chi connectivity index (χ2v) is 5.61. The fourth-order valence-corrected chi connectivity index (χ4v) is 2.87. The van der Waals surface area contributed by atoms with Crippen molar-refractivity contribution < 1.29 is 4.79 Å². The first-order valence-electron chi connectivity index (χ1n) is 5.75. The molecule has 2 N–H and O–H groups in total. The lowest BCUT2D eigenvalue weighted by molar-refractivity contribution is 0.0954. The Balaban J connectivity index is 1.87. The van der Waals surface area contributed by atoms with E-state index in [9.17, 15) is 4.79 Å². The van der Waals surface area contributed by atoms with Crippen molar-refractivity contribution in [2.45, 2.75) is 32.7 Å². The number of thiophene rings is 1. The van der Waals surface area contributed by atoms with Crippen LogP contribution < -0.4 is 10.6 Å². The van der Waals surface area contributed by atoms with Crippen molar-refractivity contribution in [3.05, 3.63) is 21.4 Å². The van der Waals surface area contributed by atoms with Crippen LogP contribution in [0.4, 0.5) is 0 Å². The summed E-state index contributed by atoms with van der Waals surface area (Å²) in [5.41, 5.74) is 1.20. The van der Waals surface area contributed by atoms with E-state index in [1.54, 1.807) is 11.3 Å². The number of rotatable bonds is 3. The summed E-state index contributed by atoms with van der Waals surface area (Å²) in [5.74, 6) is 0.0647. The quantitative estimate of drug-likeness (QED) is 0.843. The Morgan fingerprint density at radius 2 is 2.44 bits per heavy atom. The fraction of sp³-hybridized carbons (Fsp3) is 0.583. The van der Waals surface area contributed by atoms with E-state index >= 15 is 0 Å². The summed E-state index contributed by atoms with van der Waals surface area (Å²) < 4.78 is 0. The lowest BCUT2D eigenvalue weighted by Gasteiger charge is -2.10. The number of aryl methyl sites for hydroxylation is 2. The molecule has 2 heterocycles. The Morgan fingerprint density at radius 3 is 3.00 bits per heavy atom. The average molecular weight is 238 g/mol. The molecular formula is C12H18N2OS. The highest BCUT2D eigenvalue weighted by Gasteiger charge is 2.16. The molecule has 0 saturated carbocycles. The largest absolute Gasteiger partial charge is 0.350 e. The van der Waals surface area contributed by atoms with Gasteiger partial charge in [0.25, 0.3) is 5.91 Å². The van der Waals surface area contributed by atoms with Gasteiger partial charge in [0.2, 0.25) is 0 Å². The van der Waals surface area contributed by atoms with Crippen LogP contribution in [0, 0.1) is 13.8 Å². The van der Waals surface area contributed by atoms with Crippen molar-refractivity contribution in [2.75, 3.05) is 13.1 Å². The van der Waals surface area contributed by atoms with Crippen LogP contribution >= 0.6 is 11.3 Å². The van der Waals surface area contributed by atoms with Crippen molar-refractivity contribution in [1.82, 2.24) is 10.6 Å². The van der Waals surface area contributed by atoms with E-state index in [0.29, 0.717) is 6.04 Å². The van der Waals surface area contributed by atoms with Gasteiger partial charge in [-0.15, -0.1) is 11.3 Å². The minimum Gasteiger partial charge on any atom is -0.350 e. The maximum atomic E-state index is 11.8. The zero-order chi connectivity index (χ0) is 11.5. The number of hydrogen-bond acceptors (Lipinski definition) is 3. The lowest BCUT2D eigenvalue weighted by Crippen LogP contribution is -2.36. The van der Waals surface area contributed by atoms with Crippen LogP contribution in [0.5, 0.6) is 0 Å². The Bertz CT molecular complexity index is 361. The second kappa shape index (κ2) is 4.97. The SMILES string of the molecule is Cc1cc(C(=O)NCC2CCCN2)sc1C. The van der Waals surface area contributed by atoms with E-state index in [-0.39, 0.29) is 5.91 Å². The third-order valence-electron chi connectivity index (χ3n) is 3.06. The highest BCUT2D eigenvalue weighted by Crippen LogP contribution is 2.20. The van der Waals surface area contributed by atoms with Crippen molar-refractivity contribution in [3.8, 4) is 0 Å². The van der Waals surface area contributed by atoms with Crippen LogP contribution in [0.1, 0.15) is 33.0 Å². The van der Waals surface area contributed by atoms with E-state index in [2.05, 4.69) is 17.6 Å². The van der Waals surface area contributed by atoms with Crippen LogP contribution in [0.3, 0.4) is 0 Å². The van der Waals surface area contributed by atoms with Crippen LogP contribution in [0.15, 0.2) is 6.07 Å². The molecule has 1 aromatic heterocycles. The van der Waals surface area contributed by atoms with Crippen molar-refractivity contribution in [3.63, 3.8) is 0 Å². The highest BCUT2D eigenvalue weighted by atomic mass is 32.1. The van der Waals surface area contributed by atoms with E-state index in [1.165, 1.54) is 23.3 Å². The molecule has 0 bridgehead atoms. The van der Waals surface area contributed by atoms with Gasteiger partial charge in [-0.05, 0) is 44.9 Å². The summed E-state index contributed by atoms with van der Waals surface area (Å²) in [4.78, 5) is 13.9. The summed E-state index contributed by atoms with van der Waals surface area (Å²) in [7, 11) is 0. The molecule has 4 heteroatoms. The zero-order valence-electron chi connectivity index (χ0n) is 9.80. The molecule has 1 saturated heterocycles. The predicted molar refractivity (Wildman–Crippen MR) is 67.2 cm³/mol. The molecule has 2 rings (SSSR count). The molecule has 1 amide bonds. The van der Waals surface area contributed by atoms with Crippen molar-refractivity contribution in [1.29, 1.82) is 0 Å². The number of hydrogen-bond donors (Lipinski definition) is 2. The van der Waals surface area contributed by atoms with Crippen LogP contribution in [0.25, 0.3) is 0 Å². The van der Waals surface area contributed by atoms with E-state index in [1.807, 2.05) is 13.0 Å². The summed E-state index contributed by atoms with van der Waals surface area (Å²) in [6.07, 6.45) is 2.39. The lowest BCUT2D eigenvalue weighted by atomic mass is 10.2. The molecule has 0 radical (unpaired) electrons. The molecule has 1 fully saturated rings. The maximum absolute atomic E-state index is 11.8. The average Bonchev–Trinajstić information content (AvgIpc) is 2.86. The standard InChI is InChI=1S/C12H18N2OS/c1-8-6-11(16-9(8)2)12(15)14-7-10-4-3-5-13-10/h6,10,13H,3-5,7H2,1-2H3,(H,14,15). The minimum atomic E-state index is 0.0647. The molecule has 16 heavy (non-hydrogen) atoms. The van der Waals surface area contributed by atoms with E-state index in [4.69, 9.17) is 0 Å². The maximum Gasteiger partial charge on any atom is 0.261 e. The smallest absolute Gasteiger partial charge is 0.261 e. The summed E-state index contributed by atoms with van der Waals surface area (Å²) in [6, 6.07) is 2.43. The monoisotopic (exact) mass is 238 g/mol. The van der Waals surface area contributed by atoms with Gasteiger partial charge in [-0.2, -0.15) is 0 Å². The molecule has 88 valence electrons. The highest BCUT2D eigenvalue weighted by molar-refractivity contribution is 7.14. The number of nitrogens with one attached hydrogen (secondary N) is 2. The molecule has 1 atom stereocenters. The van der Waals surface area contributed by atoms with Crippen LogP contribution in [-0.4, -0.2) is 25.0 Å². The van der Waals surface area contributed by atoms with Gasteiger partial charge in [0.05, 0.1) is 4.88 Å². The molecule has 0 aliphatic carbocycles. The van der Waals surface area contributed by atoms with Crippen molar-refractivity contribution >= 4 is 17.2 Å². The first kappa shape index (κ1) is 11.6. The molecule has 1 aliphatic heterocycles. The van der Waals surface area contributed by atoms with Gasteiger partial charge in [-0.3, -0.25) is 4.79 Å². The van der Waals surface area contributed by atoms with Gasteiger partial charge in [-0.25, -0.2) is 0 Å². The molecule has 0 spiro atoms. The first-order chi connectivity index (χ1) is 7.66. The fourth-order valence-electron chi connectivity index (χ4n) is 1.92. The molecule has 3 nitrogen and oxygen atoms in total. The van der Waals surface area contributed by atoms with Gasteiger partial charge in [-0.1, -0.05) is 0 Å². The number of carbonyl (C=O) groups excluding carboxylic acids is 1. The third kappa shape index (κ3) is 2.62. The summed E-state index contributed by atoms with van der Waals surface area (Å²) >= 11 is 1.57. The third-order valence-corrected chi connectivity index (χ3v) is 4.21. The van der Waals surface area contributed by atoms with Gasteiger partial charge in [0.15, 0.2) is 0 Å². The van der Waals surface area contributed by atoms with Crippen LogP contribution in [-0.2, 0) is 0 Å². The minimum absolute atomic E-state index is 0.0647. The van der Waals surface area contributed by atoms with Gasteiger partial charge < -0.3 is 10.6 Å². The Hall–Kier alpha value is -0.870. The number of amides is 1. The molecular weight excluding hydrogens is 220 g/mol. The van der Waals surface area contributed by atoms with Crippen molar-refractivity contribution in [2.24, 2.45) is 0 Å². The van der Waals surface area contributed by atoms with E-state index in [0.717, 1.165) is 18.0 Å². The summed E-state index contributed by atoms with van der Waals surface area (Å²) in [6.45, 7) is 5.92. The first-order valence-corrected chi connectivity index (χ1v) is 6.57. The molecule has 1 aromatic rings. The Morgan fingerprint density at radius 1 is 1.62 bits per heavy atom. The van der Waals surface area contributed by atoms with Crippen LogP contribution in [0.2, 0.25) is 0 Å². The number of carbonyl (C=O) groups is 1. The Kier molecular flexibility index (Phi) is 3.61. The predicted octanol–water partition coefficient (Wildman–Crippen LogP) is 1.85. The van der Waals surface area contributed by atoms with Gasteiger partial charge in [0, 0.05) is 17.5 Å². The molecule has 1 aliphatic rings. The topological polar surface area (TPSA) is 41.1 Å². The van der Waals surface area contributed by atoms with Gasteiger partial charge >= 0.3 is 0 Å². The normalized spacial score (nSPS) is 20.0. The molecule has 0 aromatic carbocycles. The Labute approximate surface area is 100 Å². The zero-order valence-corrected chi connectivity index (χ0v) is 10.6. The summed E-state index contributed by atoms with van der Waals surface area (Å²) in [5, 5.41) is 6.36. The second-order valence-electron chi connectivity index (χ2n) is 4.35. The van der Waals surface area contributed by atoms with E-state index < -0.39 is 0 Å². The molecule has 1 unspecified atom stereocenters.